The summed E-state index contributed by atoms with van der Waals surface area (Å²) in [6, 6.07) is 11.0. The monoisotopic (exact) mass is 286 g/mol. The number of ether oxygens (including phenoxy) is 2. The third kappa shape index (κ3) is 3.79. The highest BCUT2D eigenvalue weighted by atomic mass is 16.5. The molecule has 21 heavy (non-hydrogen) atoms. The van der Waals surface area contributed by atoms with Crippen LogP contribution in [0.5, 0.6) is 5.88 Å². The van der Waals surface area contributed by atoms with Crippen molar-refractivity contribution in [1.82, 2.24) is 4.98 Å². The Bertz CT molecular complexity index is 611. The molecule has 0 saturated heterocycles. The van der Waals surface area contributed by atoms with Gasteiger partial charge in [-0.05, 0) is 29.2 Å². The highest BCUT2D eigenvalue weighted by molar-refractivity contribution is 5.75. The van der Waals surface area contributed by atoms with Crippen molar-refractivity contribution < 1.29 is 14.3 Å². The van der Waals surface area contributed by atoms with Crippen molar-refractivity contribution in [2.45, 2.75) is 12.5 Å². The van der Waals surface area contributed by atoms with Gasteiger partial charge in [0.25, 0.3) is 0 Å². The summed E-state index contributed by atoms with van der Waals surface area (Å²) in [5, 5.41) is 0. The number of esters is 1. The van der Waals surface area contributed by atoms with Gasteiger partial charge in [0.15, 0.2) is 0 Å². The van der Waals surface area contributed by atoms with Crippen LogP contribution < -0.4 is 10.5 Å². The summed E-state index contributed by atoms with van der Waals surface area (Å²) in [6.45, 7) is 0. The van der Waals surface area contributed by atoms with Gasteiger partial charge in [-0.2, -0.15) is 0 Å². The van der Waals surface area contributed by atoms with E-state index >= 15 is 0 Å². The number of hydrogen-bond acceptors (Lipinski definition) is 5. The number of benzene rings is 1. The summed E-state index contributed by atoms with van der Waals surface area (Å²) in [5.41, 5.74) is 8.80. The van der Waals surface area contributed by atoms with Crippen molar-refractivity contribution in [3.05, 3.63) is 48.2 Å². The fourth-order valence-corrected chi connectivity index (χ4v) is 2.02. The molecule has 0 aliphatic heterocycles. The number of nitrogens with zero attached hydrogens (tertiary/aromatic N) is 1. The van der Waals surface area contributed by atoms with Gasteiger partial charge in [0.05, 0.1) is 14.2 Å². The van der Waals surface area contributed by atoms with Crippen molar-refractivity contribution in [2.24, 2.45) is 5.73 Å². The van der Waals surface area contributed by atoms with Crippen molar-refractivity contribution >= 4 is 5.97 Å². The SMILES string of the molecule is COC(=O)C(N)Cc1ccc(-c2ccnc(OC)c2)cc1. The van der Waals surface area contributed by atoms with Crippen LogP contribution in [0.1, 0.15) is 5.56 Å². The smallest absolute Gasteiger partial charge is 0.322 e. The highest BCUT2D eigenvalue weighted by Gasteiger charge is 2.14. The molecular weight excluding hydrogens is 268 g/mol. The first-order valence-corrected chi connectivity index (χ1v) is 6.57. The molecule has 0 aliphatic rings. The van der Waals surface area contributed by atoms with E-state index in [-0.39, 0.29) is 0 Å². The lowest BCUT2D eigenvalue weighted by atomic mass is 10.0. The first-order chi connectivity index (χ1) is 10.1. The van der Waals surface area contributed by atoms with Crippen molar-refractivity contribution in [2.75, 3.05) is 14.2 Å². The van der Waals surface area contributed by atoms with Gasteiger partial charge in [0.1, 0.15) is 6.04 Å². The topological polar surface area (TPSA) is 74.4 Å². The molecule has 0 fully saturated rings. The average molecular weight is 286 g/mol. The van der Waals surface area contributed by atoms with E-state index in [9.17, 15) is 4.79 Å². The summed E-state index contributed by atoms with van der Waals surface area (Å²) in [4.78, 5) is 15.4. The maximum Gasteiger partial charge on any atom is 0.322 e. The lowest BCUT2D eigenvalue weighted by molar-refractivity contribution is -0.142. The zero-order valence-electron chi connectivity index (χ0n) is 12.1. The molecule has 0 bridgehead atoms. The molecule has 1 unspecified atom stereocenters. The van der Waals surface area contributed by atoms with Gasteiger partial charge < -0.3 is 15.2 Å². The van der Waals surface area contributed by atoms with E-state index in [1.165, 1.54) is 7.11 Å². The molecule has 0 spiro atoms. The number of methoxy groups -OCH3 is 2. The Labute approximate surface area is 123 Å². The van der Waals surface area contributed by atoms with Crippen LogP contribution in [-0.4, -0.2) is 31.2 Å². The molecular formula is C16H18N2O3. The number of rotatable bonds is 5. The number of aromatic nitrogens is 1. The molecule has 0 saturated carbocycles. The number of pyridine rings is 1. The van der Waals surface area contributed by atoms with Crippen LogP contribution in [0.15, 0.2) is 42.6 Å². The second kappa shape index (κ2) is 6.85. The predicted molar refractivity (Wildman–Crippen MR) is 79.9 cm³/mol. The van der Waals surface area contributed by atoms with Crippen LogP contribution in [0.4, 0.5) is 0 Å². The summed E-state index contributed by atoms with van der Waals surface area (Å²) in [5.74, 6) is 0.169. The minimum atomic E-state index is -0.637. The molecule has 5 heteroatoms. The molecule has 110 valence electrons. The Morgan fingerprint density at radius 1 is 1.19 bits per heavy atom. The fraction of sp³-hybridized carbons (Fsp3) is 0.250. The van der Waals surface area contributed by atoms with Crippen LogP contribution in [0.2, 0.25) is 0 Å². The van der Waals surface area contributed by atoms with Crippen molar-refractivity contribution in [1.29, 1.82) is 0 Å². The van der Waals surface area contributed by atoms with Gasteiger partial charge in [-0.1, -0.05) is 24.3 Å². The first-order valence-electron chi connectivity index (χ1n) is 6.57. The molecule has 1 aromatic heterocycles. The molecule has 0 amide bonds. The van der Waals surface area contributed by atoms with Crippen LogP contribution in [0, 0.1) is 0 Å². The molecule has 1 aromatic carbocycles. The zero-order chi connectivity index (χ0) is 15.2. The summed E-state index contributed by atoms with van der Waals surface area (Å²) in [6.07, 6.45) is 2.15. The largest absolute Gasteiger partial charge is 0.481 e. The summed E-state index contributed by atoms with van der Waals surface area (Å²) >= 11 is 0. The van der Waals surface area contributed by atoms with E-state index in [1.54, 1.807) is 13.3 Å². The number of nitrogens with two attached hydrogens (primary N) is 1. The molecule has 0 radical (unpaired) electrons. The van der Waals surface area contributed by atoms with Crippen molar-refractivity contribution in [3.8, 4) is 17.0 Å². The predicted octanol–water partition coefficient (Wildman–Crippen LogP) is 1.80. The fourth-order valence-electron chi connectivity index (χ4n) is 2.02. The quantitative estimate of drug-likeness (QED) is 0.848. The molecule has 2 N–H and O–H groups in total. The number of hydrogen-bond donors (Lipinski definition) is 1. The van der Waals surface area contributed by atoms with Crippen LogP contribution >= 0.6 is 0 Å². The Kier molecular flexibility index (Phi) is 4.90. The lowest BCUT2D eigenvalue weighted by Crippen LogP contribution is -2.33. The molecule has 2 rings (SSSR count). The first kappa shape index (κ1) is 15.0. The van der Waals surface area contributed by atoms with Crippen LogP contribution in [-0.2, 0) is 16.0 Å². The maximum atomic E-state index is 11.3. The molecule has 0 aliphatic carbocycles. The Morgan fingerprint density at radius 2 is 1.90 bits per heavy atom. The second-order valence-corrected chi connectivity index (χ2v) is 4.62. The molecule has 5 nitrogen and oxygen atoms in total. The van der Waals surface area contributed by atoms with E-state index in [0.29, 0.717) is 12.3 Å². The molecule has 2 aromatic rings. The van der Waals surface area contributed by atoms with Gasteiger partial charge in [-0.3, -0.25) is 4.79 Å². The van der Waals surface area contributed by atoms with E-state index in [4.69, 9.17) is 10.5 Å². The molecule has 1 atom stereocenters. The Hall–Kier alpha value is -2.40. The zero-order valence-corrected chi connectivity index (χ0v) is 12.1. The van der Waals surface area contributed by atoms with Crippen LogP contribution in [0.3, 0.4) is 0 Å². The van der Waals surface area contributed by atoms with E-state index in [2.05, 4.69) is 9.72 Å². The number of carbonyl (C=O) groups is 1. The molecule has 1 heterocycles. The van der Waals surface area contributed by atoms with Crippen molar-refractivity contribution in [3.63, 3.8) is 0 Å². The summed E-state index contributed by atoms with van der Waals surface area (Å²) in [7, 11) is 2.92. The van der Waals surface area contributed by atoms with E-state index in [0.717, 1.165) is 16.7 Å². The third-order valence-corrected chi connectivity index (χ3v) is 3.19. The van der Waals surface area contributed by atoms with Gasteiger partial charge in [0.2, 0.25) is 5.88 Å². The normalized spacial score (nSPS) is 11.8. The van der Waals surface area contributed by atoms with Gasteiger partial charge >= 0.3 is 5.97 Å². The lowest BCUT2D eigenvalue weighted by Gasteiger charge is -2.10. The minimum Gasteiger partial charge on any atom is -0.481 e. The average Bonchev–Trinajstić information content (AvgIpc) is 2.54. The van der Waals surface area contributed by atoms with Gasteiger partial charge in [-0.15, -0.1) is 0 Å². The van der Waals surface area contributed by atoms with Gasteiger partial charge in [-0.25, -0.2) is 4.98 Å². The van der Waals surface area contributed by atoms with Gasteiger partial charge in [0, 0.05) is 12.3 Å². The van der Waals surface area contributed by atoms with E-state index in [1.807, 2.05) is 36.4 Å². The van der Waals surface area contributed by atoms with Crippen LogP contribution in [0.25, 0.3) is 11.1 Å². The Balaban J connectivity index is 2.13. The Morgan fingerprint density at radius 3 is 2.52 bits per heavy atom. The second-order valence-electron chi connectivity index (χ2n) is 4.62. The minimum absolute atomic E-state index is 0.405. The third-order valence-electron chi connectivity index (χ3n) is 3.19. The van der Waals surface area contributed by atoms with E-state index < -0.39 is 12.0 Å². The summed E-state index contributed by atoms with van der Waals surface area (Å²) < 4.78 is 9.73. The highest BCUT2D eigenvalue weighted by Crippen LogP contribution is 2.22. The standard InChI is InChI=1S/C16H18N2O3/c1-20-15-10-13(7-8-18-15)12-5-3-11(4-6-12)9-14(17)16(19)21-2/h3-8,10,14H,9,17H2,1-2H3. The number of carbonyl (C=O) groups excluding carboxylic acids is 1. The maximum absolute atomic E-state index is 11.3.